The van der Waals surface area contributed by atoms with E-state index >= 15 is 0 Å². The lowest BCUT2D eigenvalue weighted by Gasteiger charge is -2.18. The van der Waals surface area contributed by atoms with Gasteiger partial charge in [-0.05, 0) is 6.42 Å². The number of imide groups is 1. The highest BCUT2D eigenvalue weighted by molar-refractivity contribution is 5.98. The molecule has 0 aromatic carbocycles. The third-order valence-electron chi connectivity index (χ3n) is 2.36. The fourth-order valence-electron chi connectivity index (χ4n) is 1.06. The lowest BCUT2D eigenvalue weighted by Crippen LogP contribution is -2.41. The van der Waals surface area contributed by atoms with E-state index < -0.39 is 5.41 Å². The largest absolute Gasteiger partial charge is 0.296 e. The van der Waals surface area contributed by atoms with Gasteiger partial charge in [0, 0.05) is 11.3 Å². The van der Waals surface area contributed by atoms with Crippen molar-refractivity contribution in [1.29, 1.82) is 0 Å². The average Bonchev–Trinajstić information content (AvgIpc) is 2.12. The lowest BCUT2D eigenvalue weighted by molar-refractivity contribution is -0.136. The minimum atomic E-state index is -0.500. The van der Waals surface area contributed by atoms with Crippen LogP contribution >= 0.6 is 0 Å². The van der Waals surface area contributed by atoms with Crippen LogP contribution in [0.2, 0.25) is 0 Å². The second-order valence-electron chi connectivity index (χ2n) is 5.11. The molecule has 2 amide bonds. The van der Waals surface area contributed by atoms with E-state index in [2.05, 4.69) is 12.2 Å². The van der Waals surface area contributed by atoms with Gasteiger partial charge in [-0.3, -0.25) is 14.9 Å². The van der Waals surface area contributed by atoms with Crippen LogP contribution in [0, 0.1) is 11.3 Å². The topological polar surface area (TPSA) is 46.2 Å². The highest BCUT2D eigenvalue weighted by atomic mass is 16.2. The number of rotatable bonds is 4. The molecule has 0 aromatic rings. The molecular formula is C12H23NO2. The molecule has 0 saturated heterocycles. The molecule has 0 bridgehead atoms. The Hall–Kier alpha value is -0.860. The molecule has 1 atom stereocenters. The SMILES string of the molecule is CCCCC(C)C(=O)NC(=O)C(C)(C)C. The fraction of sp³-hybridized carbons (Fsp3) is 0.833. The van der Waals surface area contributed by atoms with Crippen molar-refractivity contribution >= 4 is 11.8 Å². The molecule has 0 fully saturated rings. The molecule has 3 heteroatoms. The van der Waals surface area contributed by atoms with Crippen LogP contribution in [0.15, 0.2) is 0 Å². The Labute approximate surface area is 92.6 Å². The van der Waals surface area contributed by atoms with E-state index in [4.69, 9.17) is 0 Å². The Kier molecular flexibility index (Phi) is 5.55. The summed E-state index contributed by atoms with van der Waals surface area (Å²) in [7, 11) is 0. The lowest BCUT2D eigenvalue weighted by atomic mass is 9.95. The number of carbonyl (C=O) groups is 2. The zero-order valence-corrected chi connectivity index (χ0v) is 10.5. The van der Waals surface area contributed by atoms with Gasteiger partial charge in [0.2, 0.25) is 11.8 Å². The number of amides is 2. The van der Waals surface area contributed by atoms with E-state index in [1.165, 1.54) is 0 Å². The van der Waals surface area contributed by atoms with Gasteiger partial charge >= 0.3 is 0 Å². The van der Waals surface area contributed by atoms with Crippen molar-refractivity contribution in [1.82, 2.24) is 5.32 Å². The predicted octanol–water partition coefficient (Wildman–Crippen LogP) is 2.50. The fourth-order valence-corrected chi connectivity index (χ4v) is 1.06. The highest BCUT2D eigenvalue weighted by Gasteiger charge is 2.24. The molecule has 1 unspecified atom stereocenters. The number of hydrogen-bond donors (Lipinski definition) is 1. The van der Waals surface area contributed by atoms with Crippen LogP contribution in [-0.2, 0) is 9.59 Å². The summed E-state index contributed by atoms with van der Waals surface area (Å²) in [6, 6.07) is 0. The van der Waals surface area contributed by atoms with Gasteiger partial charge in [-0.2, -0.15) is 0 Å². The number of hydrogen-bond acceptors (Lipinski definition) is 2. The van der Waals surface area contributed by atoms with Gasteiger partial charge in [-0.1, -0.05) is 47.5 Å². The van der Waals surface area contributed by atoms with Gasteiger partial charge in [-0.25, -0.2) is 0 Å². The van der Waals surface area contributed by atoms with Crippen molar-refractivity contribution in [3.05, 3.63) is 0 Å². The molecule has 0 heterocycles. The molecule has 0 spiro atoms. The Morgan fingerprint density at radius 3 is 2.20 bits per heavy atom. The van der Waals surface area contributed by atoms with Crippen LogP contribution < -0.4 is 5.32 Å². The number of carbonyl (C=O) groups excluding carboxylic acids is 2. The van der Waals surface area contributed by atoms with E-state index in [0.29, 0.717) is 0 Å². The van der Waals surface area contributed by atoms with Crippen LogP contribution in [0.25, 0.3) is 0 Å². The molecule has 3 nitrogen and oxygen atoms in total. The molecule has 15 heavy (non-hydrogen) atoms. The maximum Gasteiger partial charge on any atom is 0.231 e. The molecule has 0 saturated carbocycles. The summed E-state index contributed by atoms with van der Waals surface area (Å²) in [5, 5.41) is 2.45. The molecule has 88 valence electrons. The number of nitrogens with one attached hydrogen (secondary N) is 1. The number of unbranched alkanes of at least 4 members (excludes halogenated alkanes) is 1. The minimum absolute atomic E-state index is 0.0729. The quantitative estimate of drug-likeness (QED) is 0.780. The minimum Gasteiger partial charge on any atom is -0.296 e. The van der Waals surface area contributed by atoms with Crippen LogP contribution in [0.1, 0.15) is 53.9 Å². The Balaban J connectivity index is 4.08. The smallest absolute Gasteiger partial charge is 0.231 e. The third-order valence-corrected chi connectivity index (χ3v) is 2.36. The average molecular weight is 213 g/mol. The first-order chi connectivity index (χ1) is 6.79. The molecule has 0 aliphatic heterocycles. The summed E-state index contributed by atoms with van der Waals surface area (Å²) in [6.45, 7) is 9.34. The second-order valence-corrected chi connectivity index (χ2v) is 5.11. The van der Waals surface area contributed by atoms with Crippen molar-refractivity contribution in [2.75, 3.05) is 0 Å². The zero-order valence-electron chi connectivity index (χ0n) is 10.5. The summed E-state index contributed by atoms with van der Waals surface area (Å²) >= 11 is 0. The predicted molar refractivity (Wildman–Crippen MR) is 61.3 cm³/mol. The van der Waals surface area contributed by atoms with E-state index in [0.717, 1.165) is 19.3 Å². The van der Waals surface area contributed by atoms with Gasteiger partial charge in [0.15, 0.2) is 0 Å². The normalized spacial score (nSPS) is 13.4. The van der Waals surface area contributed by atoms with E-state index in [9.17, 15) is 9.59 Å². The molecule has 0 radical (unpaired) electrons. The van der Waals surface area contributed by atoms with Crippen molar-refractivity contribution in [3.63, 3.8) is 0 Å². The van der Waals surface area contributed by atoms with Crippen LogP contribution in [0.3, 0.4) is 0 Å². The molecule has 0 rings (SSSR count). The summed E-state index contributed by atoms with van der Waals surface area (Å²) in [6.07, 6.45) is 2.95. The summed E-state index contributed by atoms with van der Waals surface area (Å²) in [5.41, 5.74) is -0.500. The maximum atomic E-state index is 11.6. The van der Waals surface area contributed by atoms with Crippen molar-refractivity contribution in [3.8, 4) is 0 Å². The highest BCUT2D eigenvalue weighted by Crippen LogP contribution is 2.14. The van der Waals surface area contributed by atoms with Crippen LogP contribution in [0.5, 0.6) is 0 Å². The third kappa shape index (κ3) is 5.55. The molecule has 1 N–H and O–H groups in total. The Bertz CT molecular complexity index is 228. The molecular weight excluding hydrogens is 190 g/mol. The first-order valence-corrected chi connectivity index (χ1v) is 5.64. The van der Waals surface area contributed by atoms with Crippen molar-refractivity contribution in [2.24, 2.45) is 11.3 Å². The van der Waals surface area contributed by atoms with Crippen molar-refractivity contribution < 1.29 is 9.59 Å². The van der Waals surface area contributed by atoms with Crippen LogP contribution in [0.4, 0.5) is 0 Å². The zero-order chi connectivity index (χ0) is 12.1. The standard InChI is InChI=1S/C12H23NO2/c1-6-7-8-9(2)10(14)13-11(15)12(3,4)5/h9H,6-8H2,1-5H3,(H,13,14,15). The van der Waals surface area contributed by atoms with Gasteiger partial charge in [0.1, 0.15) is 0 Å². The summed E-state index contributed by atoms with van der Waals surface area (Å²) < 4.78 is 0. The Morgan fingerprint density at radius 2 is 1.80 bits per heavy atom. The van der Waals surface area contributed by atoms with E-state index in [-0.39, 0.29) is 17.7 Å². The Morgan fingerprint density at radius 1 is 1.27 bits per heavy atom. The van der Waals surface area contributed by atoms with Gasteiger partial charge < -0.3 is 0 Å². The summed E-state index contributed by atoms with van der Waals surface area (Å²) in [4.78, 5) is 23.1. The van der Waals surface area contributed by atoms with E-state index in [1.807, 2.05) is 6.92 Å². The molecule has 0 aliphatic rings. The maximum absolute atomic E-state index is 11.6. The first-order valence-electron chi connectivity index (χ1n) is 5.64. The second kappa shape index (κ2) is 5.89. The van der Waals surface area contributed by atoms with Gasteiger partial charge in [0.05, 0.1) is 0 Å². The van der Waals surface area contributed by atoms with Gasteiger partial charge in [0.25, 0.3) is 0 Å². The molecule has 0 aromatic heterocycles. The first kappa shape index (κ1) is 14.1. The van der Waals surface area contributed by atoms with Crippen molar-refractivity contribution in [2.45, 2.75) is 53.9 Å². The van der Waals surface area contributed by atoms with Gasteiger partial charge in [-0.15, -0.1) is 0 Å². The summed E-state index contributed by atoms with van der Waals surface area (Å²) in [5.74, 6) is -0.421. The van der Waals surface area contributed by atoms with E-state index in [1.54, 1.807) is 20.8 Å². The molecule has 0 aliphatic carbocycles. The van der Waals surface area contributed by atoms with Crippen LogP contribution in [-0.4, -0.2) is 11.8 Å². The monoisotopic (exact) mass is 213 g/mol.